The molecule has 1 aliphatic carbocycles. The lowest BCUT2D eigenvalue weighted by atomic mass is 9.99. The van der Waals surface area contributed by atoms with Crippen LogP contribution < -0.4 is 4.74 Å². The van der Waals surface area contributed by atoms with E-state index in [1.807, 2.05) is 0 Å². The van der Waals surface area contributed by atoms with E-state index in [2.05, 4.69) is 4.99 Å². The molecule has 1 fully saturated rings. The van der Waals surface area contributed by atoms with Crippen molar-refractivity contribution in [3.63, 3.8) is 0 Å². The van der Waals surface area contributed by atoms with Gasteiger partial charge in [-0.25, -0.2) is 4.99 Å². The number of ether oxygens (including phenoxy) is 2. The van der Waals surface area contributed by atoms with Crippen LogP contribution in [0.4, 0.5) is 5.69 Å². The SMILES string of the molecule is O=C1C=CC(=Nc2ccc(O[C@H]3O[C@H](CO)[C@@H](O)[C@H](O)[C@H]3O)cc2)C=C1. The van der Waals surface area contributed by atoms with Crippen molar-refractivity contribution in [2.45, 2.75) is 30.7 Å². The molecule has 8 heteroatoms. The molecule has 0 unspecified atom stereocenters. The van der Waals surface area contributed by atoms with E-state index < -0.39 is 37.3 Å². The van der Waals surface area contributed by atoms with Gasteiger partial charge in [0.1, 0.15) is 30.2 Å². The second kappa shape index (κ2) is 7.90. The molecule has 1 aromatic rings. The number of aliphatic hydroxyl groups excluding tert-OH is 4. The van der Waals surface area contributed by atoms with Gasteiger partial charge >= 0.3 is 0 Å². The van der Waals surface area contributed by atoms with Gasteiger partial charge in [0.05, 0.1) is 18.0 Å². The highest BCUT2D eigenvalue weighted by atomic mass is 16.7. The van der Waals surface area contributed by atoms with E-state index in [1.165, 1.54) is 12.2 Å². The zero-order valence-electron chi connectivity index (χ0n) is 13.7. The van der Waals surface area contributed by atoms with E-state index in [4.69, 9.17) is 9.47 Å². The van der Waals surface area contributed by atoms with Crippen LogP contribution in [0.15, 0.2) is 53.6 Å². The summed E-state index contributed by atoms with van der Waals surface area (Å²) in [7, 11) is 0. The van der Waals surface area contributed by atoms with E-state index in [-0.39, 0.29) is 5.78 Å². The van der Waals surface area contributed by atoms with Crippen LogP contribution in [-0.2, 0) is 9.53 Å². The van der Waals surface area contributed by atoms with Crippen molar-refractivity contribution in [1.82, 2.24) is 0 Å². The molecule has 3 rings (SSSR count). The Labute approximate surface area is 149 Å². The molecule has 1 aromatic carbocycles. The third kappa shape index (κ3) is 4.06. The fraction of sp³-hybridized carbons (Fsp3) is 0.333. The summed E-state index contributed by atoms with van der Waals surface area (Å²) in [6.45, 7) is -0.523. The number of ketones is 1. The topological polar surface area (TPSA) is 129 Å². The summed E-state index contributed by atoms with van der Waals surface area (Å²) >= 11 is 0. The summed E-state index contributed by atoms with van der Waals surface area (Å²) in [6, 6.07) is 6.54. The Morgan fingerprint density at radius 2 is 1.62 bits per heavy atom. The Kier molecular flexibility index (Phi) is 5.60. The summed E-state index contributed by atoms with van der Waals surface area (Å²) in [4.78, 5) is 15.4. The number of rotatable bonds is 4. The van der Waals surface area contributed by atoms with Crippen LogP contribution in [0.3, 0.4) is 0 Å². The molecular weight excluding hydrogens is 342 g/mol. The minimum Gasteiger partial charge on any atom is -0.462 e. The second-order valence-electron chi connectivity index (χ2n) is 5.91. The molecule has 1 saturated heterocycles. The molecule has 5 atom stereocenters. The first-order valence-electron chi connectivity index (χ1n) is 8.04. The predicted molar refractivity (Wildman–Crippen MR) is 91.2 cm³/mol. The fourth-order valence-corrected chi connectivity index (χ4v) is 2.57. The highest BCUT2D eigenvalue weighted by Crippen LogP contribution is 2.26. The number of allylic oxidation sites excluding steroid dienone is 4. The Morgan fingerprint density at radius 3 is 2.23 bits per heavy atom. The molecule has 0 radical (unpaired) electrons. The summed E-state index contributed by atoms with van der Waals surface area (Å²) < 4.78 is 10.8. The van der Waals surface area contributed by atoms with Crippen molar-refractivity contribution >= 4 is 17.2 Å². The van der Waals surface area contributed by atoms with Gasteiger partial charge in [0.2, 0.25) is 6.29 Å². The molecule has 0 saturated carbocycles. The predicted octanol–water partition coefficient (Wildman–Crippen LogP) is -0.367. The zero-order chi connectivity index (χ0) is 18.7. The number of aliphatic imine (C=N–C) groups is 1. The van der Waals surface area contributed by atoms with E-state index in [9.17, 15) is 25.2 Å². The summed E-state index contributed by atoms with van der Waals surface area (Å²) in [6.07, 6.45) is -0.593. The molecule has 4 N–H and O–H groups in total. The van der Waals surface area contributed by atoms with E-state index in [0.29, 0.717) is 17.1 Å². The van der Waals surface area contributed by atoms with Gasteiger partial charge in [-0.05, 0) is 48.6 Å². The van der Waals surface area contributed by atoms with Gasteiger partial charge in [-0.15, -0.1) is 0 Å². The van der Waals surface area contributed by atoms with Crippen molar-refractivity contribution in [3.8, 4) is 5.75 Å². The average molecular weight is 361 g/mol. The van der Waals surface area contributed by atoms with Crippen LogP contribution in [0, 0.1) is 0 Å². The molecule has 26 heavy (non-hydrogen) atoms. The standard InChI is InChI=1S/C18H19NO7/c20-9-14-15(22)16(23)17(24)18(26-14)25-13-7-3-11(4-8-13)19-10-1-5-12(21)6-2-10/h1-8,14-18,20,22-24H,9H2/t14-,15-,16+,17-,18+/m1/s1. The number of hydrogen-bond acceptors (Lipinski definition) is 8. The highest BCUT2D eigenvalue weighted by Gasteiger charge is 2.44. The quantitative estimate of drug-likeness (QED) is 0.539. The maximum absolute atomic E-state index is 11.1. The highest BCUT2D eigenvalue weighted by molar-refractivity contribution is 6.17. The molecule has 2 aliphatic rings. The van der Waals surface area contributed by atoms with Gasteiger partial charge in [-0.1, -0.05) is 0 Å². The normalized spacial score (nSPS) is 31.2. The van der Waals surface area contributed by atoms with Gasteiger partial charge in [0.15, 0.2) is 5.78 Å². The van der Waals surface area contributed by atoms with Gasteiger partial charge in [0, 0.05) is 0 Å². The lowest BCUT2D eigenvalue weighted by Crippen LogP contribution is -2.60. The van der Waals surface area contributed by atoms with E-state index in [1.54, 1.807) is 36.4 Å². The molecule has 1 heterocycles. The molecule has 138 valence electrons. The third-order valence-corrected chi connectivity index (χ3v) is 4.03. The summed E-state index contributed by atoms with van der Waals surface area (Å²) in [5.74, 6) is 0.260. The van der Waals surface area contributed by atoms with E-state index >= 15 is 0 Å². The van der Waals surface area contributed by atoms with Gasteiger partial charge in [-0.2, -0.15) is 0 Å². The maximum Gasteiger partial charge on any atom is 0.229 e. The van der Waals surface area contributed by atoms with Gasteiger partial charge in [-0.3, -0.25) is 4.79 Å². The second-order valence-corrected chi connectivity index (χ2v) is 5.91. The van der Waals surface area contributed by atoms with Crippen molar-refractivity contribution in [2.75, 3.05) is 6.61 Å². The first-order valence-corrected chi connectivity index (χ1v) is 8.04. The Morgan fingerprint density at radius 1 is 0.962 bits per heavy atom. The number of nitrogens with zero attached hydrogens (tertiary/aromatic N) is 1. The largest absolute Gasteiger partial charge is 0.462 e. The molecule has 0 aromatic heterocycles. The molecule has 1 aliphatic heterocycles. The van der Waals surface area contributed by atoms with Crippen LogP contribution in [0.1, 0.15) is 0 Å². The van der Waals surface area contributed by atoms with Crippen LogP contribution >= 0.6 is 0 Å². The summed E-state index contributed by atoms with van der Waals surface area (Å²) in [5, 5.41) is 38.7. The first kappa shape index (κ1) is 18.4. The molecular formula is C18H19NO7. The smallest absolute Gasteiger partial charge is 0.229 e. The molecule has 0 bridgehead atoms. The molecule has 0 spiro atoms. The van der Waals surface area contributed by atoms with Crippen LogP contribution in [-0.4, -0.2) is 69.2 Å². The van der Waals surface area contributed by atoms with Gasteiger partial charge in [0.25, 0.3) is 0 Å². The lowest BCUT2D eigenvalue weighted by molar-refractivity contribution is -0.277. The van der Waals surface area contributed by atoms with E-state index in [0.717, 1.165) is 0 Å². The lowest BCUT2D eigenvalue weighted by Gasteiger charge is -2.39. The molecule has 0 amide bonds. The number of hydrogen-bond donors (Lipinski definition) is 4. The third-order valence-electron chi connectivity index (χ3n) is 4.03. The number of benzene rings is 1. The minimum absolute atomic E-state index is 0.0905. The maximum atomic E-state index is 11.1. The number of carbonyl (C=O) groups excluding carboxylic acids is 1. The van der Waals surface area contributed by atoms with Gasteiger partial charge < -0.3 is 29.9 Å². The first-order chi connectivity index (χ1) is 12.5. The number of aliphatic hydroxyl groups is 4. The van der Waals surface area contributed by atoms with Crippen molar-refractivity contribution < 1.29 is 34.7 Å². The van der Waals surface area contributed by atoms with Crippen LogP contribution in [0.5, 0.6) is 5.75 Å². The zero-order valence-corrected chi connectivity index (χ0v) is 13.7. The average Bonchev–Trinajstić information content (AvgIpc) is 2.65. The van der Waals surface area contributed by atoms with Crippen molar-refractivity contribution in [3.05, 3.63) is 48.6 Å². The van der Waals surface area contributed by atoms with Crippen molar-refractivity contribution in [1.29, 1.82) is 0 Å². The van der Waals surface area contributed by atoms with Crippen LogP contribution in [0.2, 0.25) is 0 Å². The number of carbonyl (C=O) groups is 1. The minimum atomic E-state index is -1.50. The summed E-state index contributed by atoms with van der Waals surface area (Å²) in [5.41, 5.74) is 1.26. The Bertz CT molecular complexity index is 720. The monoisotopic (exact) mass is 361 g/mol. The van der Waals surface area contributed by atoms with Crippen molar-refractivity contribution in [2.24, 2.45) is 4.99 Å². The Hall–Kier alpha value is -2.36. The fourth-order valence-electron chi connectivity index (χ4n) is 2.57. The molecule has 8 nitrogen and oxygen atoms in total. The Balaban J connectivity index is 1.67. The van der Waals surface area contributed by atoms with Crippen LogP contribution in [0.25, 0.3) is 0 Å².